The van der Waals surface area contributed by atoms with Crippen LogP contribution in [0.15, 0.2) is 24.3 Å². The van der Waals surface area contributed by atoms with E-state index in [0.717, 1.165) is 18.0 Å². The van der Waals surface area contributed by atoms with Gasteiger partial charge in [0, 0.05) is 19.3 Å². The molecule has 1 amide bonds. The second-order valence-electron chi connectivity index (χ2n) is 8.12. The SMILES string of the molecule is CO[C@@](C)(CC(C)C)C(=O)Nc1ccc(OCCN2CCCCCC2)cc1. The summed E-state index contributed by atoms with van der Waals surface area (Å²) in [6.45, 7) is 10.0. The first-order valence-corrected chi connectivity index (χ1v) is 10.2. The van der Waals surface area contributed by atoms with Gasteiger partial charge in [0.1, 0.15) is 18.0 Å². The van der Waals surface area contributed by atoms with E-state index in [0.29, 0.717) is 18.9 Å². The van der Waals surface area contributed by atoms with Gasteiger partial charge in [0.2, 0.25) is 0 Å². The summed E-state index contributed by atoms with van der Waals surface area (Å²) in [5.41, 5.74) is -0.0665. The van der Waals surface area contributed by atoms with Crippen LogP contribution >= 0.6 is 0 Å². The van der Waals surface area contributed by atoms with E-state index in [1.165, 1.54) is 38.8 Å². The third-order valence-corrected chi connectivity index (χ3v) is 5.22. The summed E-state index contributed by atoms with van der Waals surface area (Å²) in [5, 5.41) is 2.95. The summed E-state index contributed by atoms with van der Waals surface area (Å²) in [5.74, 6) is 1.09. The lowest BCUT2D eigenvalue weighted by Gasteiger charge is -2.28. The van der Waals surface area contributed by atoms with Gasteiger partial charge in [-0.15, -0.1) is 0 Å². The van der Waals surface area contributed by atoms with Crippen LogP contribution in [0.3, 0.4) is 0 Å². The van der Waals surface area contributed by atoms with Crippen molar-refractivity contribution in [1.29, 1.82) is 0 Å². The van der Waals surface area contributed by atoms with Gasteiger partial charge in [-0.1, -0.05) is 26.7 Å². The van der Waals surface area contributed by atoms with Crippen LogP contribution in [-0.4, -0.2) is 49.8 Å². The predicted octanol–water partition coefficient (Wildman–Crippen LogP) is 4.33. The molecule has 5 heteroatoms. The number of ether oxygens (including phenoxy) is 2. The van der Waals surface area contributed by atoms with Crippen LogP contribution in [-0.2, 0) is 9.53 Å². The second-order valence-corrected chi connectivity index (χ2v) is 8.12. The number of benzene rings is 1. The molecule has 1 aromatic carbocycles. The Balaban J connectivity index is 1.81. The normalized spacial score (nSPS) is 18.0. The zero-order valence-electron chi connectivity index (χ0n) is 17.4. The largest absolute Gasteiger partial charge is 0.492 e. The Morgan fingerprint density at radius 2 is 1.78 bits per heavy atom. The number of nitrogens with zero attached hydrogens (tertiary/aromatic N) is 1. The maximum Gasteiger partial charge on any atom is 0.256 e. The zero-order chi connectivity index (χ0) is 19.7. The zero-order valence-corrected chi connectivity index (χ0v) is 17.4. The van der Waals surface area contributed by atoms with Gasteiger partial charge < -0.3 is 14.8 Å². The minimum atomic E-state index is -0.823. The van der Waals surface area contributed by atoms with E-state index in [1.807, 2.05) is 31.2 Å². The number of methoxy groups -OCH3 is 1. The molecular formula is C22H36N2O3. The molecule has 0 bridgehead atoms. The molecule has 27 heavy (non-hydrogen) atoms. The summed E-state index contributed by atoms with van der Waals surface area (Å²) < 4.78 is 11.4. The highest BCUT2D eigenvalue weighted by Crippen LogP contribution is 2.23. The van der Waals surface area contributed by atoms with Gasteiger partial charge in [0.25, 0.3) is 5.91 Å². The molecule has 0 aliphatic carbocycles. The van der Waals surface area contributed by atoms with E-state index in [-0.39, 0.29) is 5.91 Å². The number of carbonyl (C=O) groups is 1. The van der Waals surface area contributed by atoms with E-state index in [4.69, 9.17) is 9.47 Å². The van der Waals surface area contributed by atoms with Gasteiger partial charge in [0.05, 0.1) is 0 Å². The molecule has 1 aliphatic heterocycles. The number of hydrogen-bond acceptors (Lipinski definition) is 4. The second kappa shape index (κ2) is 10.7. The van der Waals surface area contributed by atoms with Crippen molar-refractivity contribution >= 4 is 11.6 Å². The molecule has 0 unspecified atom stereocenters. The van der Waals surface area contributed by atoms with Crippen LogP contribution in [0.25, 0.3) is 0 Å². The first-order valence-electron chi connectivity index (χ1n) is 10.2. The van der Waals surface area contributed by atoms with Crippen molar-refractivity contribution in [2.24, 2.45) is 5.92 Å². The molecule has 1 heterocycles. The Bertz CT molecular complexity index is 565. The summed E-state index contributed by atoms with van der Waals surface area (Å²) in [6, 6.07) is 7.57. The highest BCUT2D eigenvalue weighted by atomic mass is 16.5. The van der Waals surface area contributed by atoms with Crippen molar-refractivity contribution < 1.29 is 14.3 Å². The molecule has 1 aromatic rings. The molecule has 1 atom stereocenters. The van der Waals surface area contributed by atoms with Crippen molar-refractivity contribution in [2.75, 3.05) is 38.7 Å². The van der Waals surface area contributed by atoms with E-state index >= 15 is 0 Å². The Labute approximate surface area is 164 Å². The fourth-order valence-electron chi connectivity index (χ4n) is 3.60. The average molecular weight is 377 g/mol. The van der Waals surface area contributed by atoms with Crippen LogP contribution in [0.2, 0.25) is 0 Å². The lowest BCUT2D eigenvalue weighted by atomic mass is 9.93. The molecule has 1 saturated heterocycles. The molecular weight excluding hydrogens is 340 g/mol. The number of amides is 1. The maximum absolute atomic E-state index is 12.6. The Kier molecular flexibility index (Phi) is 8.58. The van der Waals surface area contributed by atoms with Crippen molar-refractivity contribution in [1.82, 2.24) is 4.90 Å². The number of rotatable bonds is 9. The summed E-state index contributed by atoms with van der Waals surface area (Å²) in [6.07, 6.45) is 5.97. The number of likely N-dealkylation sites (tertiary alicyclic amines) is 1. The summed E-state index contributed by atoms with van der Waals surface area (Å²) in [7, 11) is 1.59. The monoisotopic (exact) mass is 376 g/mol. The van der Waals surface area contributed by atoms with Crippen LogP contribution in [0.1, 0.15) is 52.9 Å². The molecule has 1 N–H and O–H groups in total. The highest BCUT2D eigenvalue weighted by molar-refractivity contribution is 5.97. The molecule has 5 nitrogen and oxygen atoms in total. The number of carbonyl (C=O) groups excluding carboxylic acids is 1. The van der Waals surface area contributed by atoms with Crippen molar-refractivity contribution in [3.8, 4) is 5.75 Å². The van der Waals surface area contributed by atoms with Gasteiger partial charge in [-0.2, -0.15) is 0 Å². The number of nitrogens with one attached hydrogen (secondary N) is 1. The van der Waals surface area contributed by atoms with E-state index in [1.54, 1.807) is 7.11 Å². The first kappa shape index (κ1) is 21.7. The van der Waals surface area contributed by atoms with E-state index < -0.39 is 5.60 Å². The molecule has 2 rings (SSSR count). The van der Waals surface area contributed by atoms with Crippen LogP contribution in [0, 0.1) is 5.92 Å². The molecule has 0 spiro atoms. The van der Waals surface area contributed by atoms with Crippen LogP contribution < -0.4 is 10.1 Å². The number of anilines is 1. The van der Waals surface area contributed by atoms with Gasteiger partial charge in [-0.25, -0.2) is 0 Å². The standard InChI is InChI=1S/C22H36N2O3/c1-18(2)17-22(3,26-4)21(25)23-19-9-11-20(12-10-19)27-16-15-24-13-7-5-6-8-14-24/h9-12,18H,5-8,13-17H2,1-4H3,(H,23,25)/t22-/m0/s1. The minimum Gasteiger partial charge on any atom is -0.492 e. The van der Waals surface area contributed by atoms with Gasteiger partial charge >= 0.3 is 0 Å². The van der Waals surface area contributed by atoms with Gasteiger partial charge in [-0.05, 0) is 69.5 Å². The fraction of sp³-hybridized carbons (Fsp3) is 0.682. The van der Waals surface area contributed by atoms with Crippen molar-refractivity contribution in [3.63, 3.8) is 0 Å². The average Bonchev–Trinajstić information content (AvgIpc) is 2.91. The third-order valence-electron chi connectivity index (χ3n) is 5.22. The van der Waals surface area contributed by atoms with E-state index in [2.05, 4.69) is 24.1 Å². The molecule has 1 aliphatic rings. The lowest BCUT2D eigenvalue weighted by Crippen LogP contribution is -2.43. The molecule has 0 aromatic heterocycles. The lowest BCUT2D eigenvalue weighted by molar-refractivity contribution is -0.137. The van der Waals surface area contributed by atoms with Crippen LogP contribution in [0.4, 0.5) is 5.69 Å². The molecule has 152 valence electrons. The molecule has 0 saturated carbocycles. The third kappa shape index (κ3) is 7.15. The molecule has 0 radical (unpaired) electrons. The fourth-order valence-corrected chi connectivity index (χ4v) is 3.60. The van der Waals surface area contributed by atoms with Gasteiger partial charge in [-0.3, -0.25) is 9.69 Å². The predicted molar refractivity (Wildman–Crippen MR) is 110 cm³/mol. The highest BCUT2D eigenvalue weighted by Gasteiger charge is 2.33. The van der Waals surface area contributed by atoms with Gasteiger partial charge in [0.15, 0.2) is 0 Å². The Hall–Kier alpha value is -1.59. The van der Waals surface area contributed by atoms with Crippen molar-refractivity contribution in [3.05, 3.63) is 24.3 Å². The maximum atomic E-state index is 12.6. The quantitative estimate of drug-likeness (QED) is 0.697. The topological polar surface area (TPSA) is 50.8 Å². The van der Waals surface area contributed by atoms with Crippen molar-refractivity contribution in [2.45, 2.75) is 58.5 Å². The van der Waals surface area contributed by atoms with E-state index in [9.17, 15) is 4.79 Å². The Morgan fingerprint density at radius 1 is 1.15 bits per heavy atom. The minimum absolute atomic E-state index is 0.117. The smallest absolute Gasteiger partial charge is 0.256 e. The first-order chi connectivity index (χ1) is 12.9. The molecule has 1 fully saturated rings. The summed E-state index contributed by atoms with van der Waals surface area (Å²) in [4.78, 5) is 15.1. The van der Waals surface area contributed by atoms with Crippen LogP contribution in [0.5, 0.6) is 5.75 Å². The number of hydrogen-bond donors (Lipinski definition) is 1. The summed E-state index contributed by atoms with van der Waals surface area (Å²) >= 11 is 0. The Morgan fingerprint density at radius 3 is 2.33 bits per heavy atom.